The molecule has 2 rings (SSSR count). The molecule has 0 unspecified atom stereocenters. The predicted molar refractivity (Wildman–Crippen MR) is 88.0 cm³/mol. The summed E-state index contributed by atoms with van der Waals surface area (Å²) in [5.74, 6) is -0.978. The Bertz CT molecular complexity index is 715. The van der Waals surface area contributed by atoms with Crippen LogP contribution in [-0.2, 0) is 14.6 Å². The fourth-order valence-corrected chi connectivity index (χ4v) is 4.45. The Morgan fingerprint density at radius 1 is 1.38 bits per heavy atom. The number of carbonyl (C=O) groups is 2. The Labute approximate surface area is 141 Å². The Balaban J connectivity index is 2.01. The quantitative estimate of drug-likeness (QED) is 0.788. The molecule has 132 valence electrons. The molecule has 0 aliphatic carbocycles. The first-order chi connectivity index (χ1) is 11.3. The van der Waals surface area contributed by atoms with Crippen LogP contribution < -0.4 is 4.74 Å². The molecule has 1 aliphatic heterocycles. The molecule has 1 heterocycles. The highest BCUT2D eigenvalue weighted by molar-refractivity contribution is 7.91. The van der Waals surface area contributed by atoms with Crippen LogP contribution in [0.5, 0.6) is 5.75 Å². The van der Waals surface area contributed by atoms with Crippen LogP contribution in [0, 0.1) is 0 Å². The summed E-state index contributed by atoms with van der Waals surface area (Å²) in [4.78, 5) is 24.9. The molecule has 7 nitrogen and oxygen atoms in total. The molecule has 1 aromatic carbocycles. The molecule has 0 spiro atoms. The van der Waals surface area contributed by atoms with Crippen molar-refractivity contribution < 1.29 is 27.9 Å². The molecule has 1 fully saturated rings. The first kappa shape index (κ1) is 18.3. The first-order valence-corrected chi connectivity index (χ1v) is 9.60. The van der Waals surface area contributed by atoms with Gasteiger partial charge in [0.05, 0.1) is 17.1 Å². The zero-order chi connectivity index (χ0) is 17.7. The largest absolute Gasteiger partial charge is 0.484 e. The molecule has 0 bridgehead atoms. The number of sulfone groups is 1. The summed E-state index contributed by atoms with van der Waals surface area (Å²) in [5.41, 5.74) is 0.0762. The van der Waals surface area contributed by atoms with Crippen LogP contribution in [0.2, 0.25) is 0 Å². The van der Waals surface area contributed by atoms with Crippen LogP contribution in [-0.4, -0.2) is 61.0 Å². The van der Waals surface area contributed by atoms with Gasteiger partial charge in [-0.1, -0.05) is 13.0 Å². The Kier molecular flexibility index (Phi) is 5.82. The molecule has 0 saturated carbocycles. The third kappa shape index (κ3) is 4.70. The van der Waals surface area contributed by atoms with Gasteiger partial charge in [0.25, 0.3) is 5.91 Å². The van der Waals surface area contributed by atoms with E-state index in [1.54, 1.807) is 11.0 Å². The molecule has 1 aliphatic rings. The minimum absolute atomic E-state index is 0.00671. The summed E-state index contributed by atoms with van der Waals surface area (Å²) >= 11 is 0. The smallest absolute Gasteiger partial charge is 0.335 e. The number of carboxylic acid groups (broad SMARTS) is 1. The molecule has 1 N–H and O–H groups in total. The normalized spacial score (nSPS) is 19.0. The lowest BCUT2D eigenvalue weighted by atomic mass is 10.2. The van der Waals surface area contributed by atoms with Crippen molar-refractivity contribution in [1.82, 2.24) is 4.90 Å². The number of aromatic carboxylic acids is 1. The van der Waals surface area contributed by atoms with Gasteiger partial charge in [-0.25, -0.2) is 13.2 Å². The van der Waals surface area contributed by atoms with Gasteiger partial charge in [0.15, 0.2) is 16.4 Å². The Morgan fingerprint density at radius 3 is 2.71 bits per heavy atom. The number of hydrogen-bond acceptors (Lipinski definition) is 5. The average molecular weight is 355 g/mol. The SMILES string of the molecule is CCCN(C(=O)COc1cccc(C(=O)O)c1)[C@@H]1CCS(=O)(=O)C1. The van der Waals surface area contributed by atoms with E-state index in [-0.39, 0.29) is 35.6 Å². The van der Waals surface area contributed by atoms with Crippen molar-refractivity contribution in [1.29, 1.82) is 0 Å². The van der Waals surface area contributed by atoms with Crippen LogP contribution in [0.25, 0.3) is 0 Å². The van der Waals surface area contributed by atoms with Crippen molar-refractivity contribution >= 4 is 21.7 Å². The topological polar surface area (TPSA) is 101 Å². The summed E-state index contributed by atoms with van der Waals surface area (Å²) < 4.78 is 28.6. The molecular formula is C16H21NO6S. The van der Waals surface area contributed by atoms with Gasteiger partial charge in [0.2, 0.25) is 0 Å². The Morgan fingerprint density at radius 2 is 2.12 bits per heavy atom. The van der Waals surface area contributed by atoms with Crippen LogP contribution >= 0.6 is 0 Å². The zero-order valence-electron chi connectivity index (χ0n) is 13.5. The van der Waals surface area contributed by atoms with Gasteiger partial charge < -0.3 is 14.7 Å². The monoisotopic (exact) mass is 355 g/mol. The van der Waals surface area contributed by atoms with Gasteiger partial charge in [0, 0.05) is 12.6 Å². The first-order valence-electron chi connectivity index (χ1n) is 7.78. The van der Waals surface area contributed by atoms with Gasteiger partial charge in [-0.15, -0.1) is 0 Å². The van der Waals surface area contributed by atoms with Gasteiger partial charge >= 0.3 is 5.97 Å². The summed E-state index contributed by atoms with van der Waals surface area (Å²) in [6.45, 7) is 2.14. The number of carboxylic acids is 1. The molecular weight excluding hydrogens is 334 g/mol. The van der Waals surface area contributed by atoms with E-state index >= 15 is 0 Å². The second kappa shape index (κ2) is 7.65. The minimum Gasteiger partial charge on any atom is -0.484 e. The number of amides is 1. The lowest BCUT2D eigenvalue weighted by Gasteiger charge is -2.27. The number of benzene rings is 1. The van der Waals surface area contributed by atoms with Gasteiger partial charge in [-0.05, 0) is 31.0 Å². The number of carbonyl (C=O) groups excluding carboxylic acids is 1. The van der Waals surface area contributed by atoms with Crippen molar-refractivity contribution in [2.24, 2.45) is 0 Å². The highest BCUT2D eigenvalue weighted by Gasteiger charge is 2.34. The van der Waals surface area contributed by atoms with E-state index in [1.165, 1.54) is 18.2 Å². The summed E-state index contributed by atoms with van der Waals surface area (Å²) in [5, 5.41) is 8.95. The lowest BCUT2D eigenvalue weighted by molar-refractivity contribution is -0.135. The fraction of sp³-hybridized carbons (Fsp3) is 0.500. The average Bonchev–Trinajstić information content (AvgIpc) is 2.90. The van der Waals surface area contributed by atoms with E-state index < -0.39 is 15.8 Å². The molecule has 24 heavy (non-hydrogen) atoms. The van der Waals surface area contributed by atoms with Crippen LogP contribution in [0.1, 0.15) is 30.1 Å². The van der Waals surface area contributed by atoms with E-state index in [0.717, 1.165) is 6.42 Å². The van der Waals surface area contributed by atoms with Gasteiger partial charge in [-0.3, -0.25) is 4.79 Å². The molecule has 8 heteroatoms. The molecule has 1 amide bonds. The number of nitrogens with zero attached hydrogens (tertiary/aromatic N) is 1. The van der Waals surface area contributed by atoms with Crippen LogP contribution in [0.4, 0.5) is 0 Å². The number of ether oxygens (including phenoxy) is 1. The van der Waals surface area contributed by atoms with Crippen LogP contribution in [0.15, 0.2) is 24.3 Å². The Hall–Kier alpha value is -2.09. The molecule has 0 aromatic heterocycles. The van der Waals surface area contributed by atoms with Crippen molar-refractivity contribution in [2.75, 3.05) is 24.7 Å². The van der Waals surface area contributed by atoms with Crippen molar-refractivity contribution in [3.05, 3.63) is 29.8 Å². The molecule has 1 saturated heterocycles. The maximum Gasteiger partial charge on any atom is 0.335 e. The van der Waals surface area contributed by atoms with E-state index in [1.807, 2.05) is 6.92 Å². The second-order valence-corrected chi connectivity index (χ2v) is 7.99. The molecule has 0 radical (unpaired) electrons. The number of hydrogen-bond donors (Lipinski definition) is 1. The number of rotatable bonds is 7. The fourth-order valence-electron chi connectivity index (χ4n) is 2.72. The second-order valence-electron chi connectivity index (χ2n) is 5.77. The maximum absolute atomic E-state index is 12.4. The van der Waals surface area contributed by atoms with Crippen molar-refractivity contribution in [3.8, 4) is 5.75 Å². The molecule has 1 atom stereocenters. The van der Waals surface area contributed by atoms with E-state index in [9.17, 15) is 18.0 Å². The standard InChI is InChI=1S/C16H21NO6S/c1-2-7-17(13-6-8-24(21,22)11-13)15(18)10-23-14-5-3-4-12(9-14)16(19)20/h3-5,9,13H,2,6-8,10-11H2,1H3,(H,19,20)/t13-/m1/s1. The summed E-state index contributed by atoms with van der Waals surface area (Å²) in [6.07, 6.45) is 1.17. The van der Waals surface area contributed by atoms with Crippen molar-refractivity contribution in [3.63, 3.8) is 0 Å². The third-order valence-corrected chi connectivity index (χ3v) is 5.63. The maximum atomic E-state index is 12.4. The molecule has 1 aromatic rings. The summed E-state index contributed by atoms with van der Waals surface area (Å²) in [7, 11) is -3.07. The van der Waals surface area contributed by atoms with Crippen LogP contribution in [0.3, 0.4) is 0 Å². The minimum atomic E-state index is -3.07. The third-order valence-electron chi connectivity index (χ3n) is 3.88. The van der Waals surface area contributed by atoms with Gasteiger partial charge in [-0.2, -0.15) is 0 Å². The predicted octanol–water partition coefficient (Wildman–Crippen LogP) is 1.19. The highest BCUT2D eigenvalue weighted by Crippen LogP contribution is 2.19. The van der Waals surface area contributed by atoms with Crippen molar-refractivity contribution in [2.45, 2.75) is 25.8 Å². The van der Waals surface area contributed by atoms with E-state index in [0.29, 0.717) is 18.7 Å². The lowest BCUT2D eigenvalue weighted by Crippen LogP contribution is -2.44. The van der Waals surface area contributed by atoms with E-state index in [4.69, 9.17) is 9.84 Å². The highest BCUT2D eigenvalue weighted by atomic mass is 32.2. The zero-order valence-corrected chi connectivity index (χ0v) is 14.3. The van der Waals surface area contributed by atoms with Gasteiger partial charge in [0.1, 0.15) is 5.75 Å². The summed E-state index contributed by atoms with van der Waals surface area (Å²) in [6, 6.07) is 5.58. The van der Waals surface area contributed by atoms with E-state index in [2.05, 4.69) is 0 Å².